The van der Waals surface area contributed by atoms with Gasteiger partial charge in [0.25, 0.3) is 0 Å². The topological polar surface area (TPSA) is 79.7 Å². The lowest BCUT2D eigenvalue weighted by molar-refractivity contribution is -0.142. The first-order valence-electron chi connectivity index (χ1n) is 7.25. The van der Waals surface area contributed by atoms with Gasteiger partial charge in [-0.25, -0.2) is 4.79 Å². The highest BCUT2D eigenvalue weighted by Crippen LogP contribution is 2.39. The Bertz CT molecular complexity index is 567. The van der Waals surface area contributed by atoms with Crippen LogP contribution in [0.15, 0.2) is 24.5 Å². The van der Waals surface area contributed by atoms with E-state index < -0.39 is 29.0 Å². The lowest BCUT2D eigenvalue weighted by Gasteiger charge is -2.29. The van der Waals surface area contributed by atoms with Gasteiger partial charge >= 0.3 is 12.1 Å². The highest BCUT2D eigenvalue weighted by Gasteiger charge is 2.50. The third-order valence-corrected chi connectivity index (χ3v) is 3.98. The molecule has 1 fully saturated rings. The molecule has 6 heteroatoms. The van der Waals surface area contributed by atoms with Crippen LogP contribution in [0.2, 0.25) is 0 Å². The minimum absolute atomic E-state index is 0.142. The molecule has 2 atom stereocenters. The first kappa shape index (κ1) is 16.3. The van der Waals surface area contributed by atoms with Crippen LogP contribution in [0, 0.1) is 5.92 Å². The van der Waals surface area contributed by atoms with E-state index in [0.717, 1.165) is 5.56 Å². The second-order valence-corrected chi connectivity index (χ2v) is 6.91. The number of pyridine rings is 1. The Morgan fingerprint density at radius 2 is 1.95 bits per heavy atom. The highest BCUT2D eigenvalue weighted by molar-refractivity contribution is 5.77. The Morgan fingerprint density at radius 1 is 1.36 bits per heavy atom. The van der Waals surface area contributed by atoms with Crippen molar-refractivity contribution in [3.63, 3.8) is 0 Å². The third kappa shape index (κ3) is 3.21. The largest absolute Gasteiger partial charge is 0.481 e. The molecule has 1 aliphatic heterocycles. The minimum Gasteiger partial charge on any atom is -0.481 e. The molecular weight excluding hydrogens is 284 g/mol. The predicted molar refractivity (Wildman–Crippen MR) is 80.5 cm³/mol. The molecule has 0 unspecified atom stereocenters. The van der Waals surface area contributed by atoms with E-state index in [9.17, 15) is 14.7 Å². The summed E-state index contributed by atoms with van der Waals surface area (Å²) < 4.78 is 5.36. The van der Waals surface area contributed by atoms with Gasteiger partial charge in [0.2, 0.25) is 0 Å². The molecular formula is C16H22N2O4. The van der Waals surface area contributed by atoms with Crippen molar-refractivity contribution in [3.8, 4) is 0 Å². The van der Waals surface area contributed by atoms with Crippen LogP contribution in [0.5, 0.6) is 0 Å². The molecule has 2 rings (SSSR count). The van der Waals surface area contributed by atoms with E-state index in [4.69, 9.17) is 4.74 Å². The number of carboxylic acid groups (broad SMARTS) is 1. The number of carbonyl (C=O) groups excluding carboxylic acids is 1. The van der Waals surface area contributed by atoms with Gasteiger partial charge in [-0.05, 0) is 38.5 Å². The molecule has 0 saturated carbocycles. The maximum Gasteiger partial charge on any atom is 0.410 e. The molecule has 1 amide bonds. The Hall–Kier alpha value is -2.11. The molecule has 1 aromatic rings. The third-order valence-electron chi connectivity index (χ3n) is 3.98. The molecule has 0 aliphatic carbocycles. The van der Waals surface area contributed by atoms with Gasteiger partial charge in [0.1, 0.15) is 5.60 Å². The number of rotatable bonds is 2. The Balaban J connectivity index is 2.28. The zero-order valence-corrected chi connectivity index (χ0v) is 13.4. The molecule has 1 aromatic heterocycles. The van der Waals surface area contributed by atoms with Crippen LogP contribution < -0.4 is 0 Å². The summed E-state index contributed by atoms with van der Waals surface area (Å²) in [5, 5.41) is 9.55. The molecule has 1 N–H and O–H groups in total. The summed E-state index contributed by atoms with van der Waals surface area (Å²) in [7, 11) is 0. The van der Waals surface area contributed by atoms with Crippen molar-refractivity contribution in [3.05, 3.63) is 30.1 Å². The fourth-order valence-corrected chi connectivity index (χ4v) is 2.83. The summed E-state index contributed by atoms with van der Waals surface area (Å²) >= 11 is 0. The minimum atomic E-state index is -0.912. The molecule has 1 aliphatic rings. The Labute approximate surface area is 130 Å². The van der Waals surface area contributed by atoms with E-state index >= 15 is 0 Å². The summed E-state index contributed by atoms with van der Waals surface area (Å²) in [6.07, 6.45) is 2.79. The average Bonchev–Trinajstić information content (AvgIpc) is 2.78. The van der Waals surface area contributed by atoms with Crippen molar-refractivity contribution < 1.29 is 19.4 Å². The van der Waals surface area contributed by atoms with Crippen molar-refractivity contribution in [1.82, 2.24) is 9.88 Å². The van der Waals surface area contributed by atoms with Gasteiger partial charge in [0.15, 0.2) is 0 Å². The normalized spacial score (nSPS) is 25.1. The number of nitrogens with zero attached hydrogens (tertiary/aromatic N) is 2. The van der Waals surface area contributed by atoms with E-state index in [-0.39, 0.29) is 6.54 Å². The number of hydrogen-bond acceptors (Lipinski definition) is 4. The van der Waals surface area contributed by atoms with Crippen LogP contribution in [0.4, 0.5) is 4.79 Å². The van der Waals surface area contributed by atoms with Gasteiger partial charge in [-0.15, -0.1) is 0 Å². The van der Waals surface area contributed by atoms with Crippen molar-refractivity contribution in [2.45, 2.75) is 38.7 Å². The molecule has 0 radical (unpaired) electrons. The molecule has 2 heterocycles. The number of carbonyl (C=O) groups is 2. The fourth-order valence-electron chi connectivity index (χ4n) is 2.83. The van der Waals surface area contributed by atoms with E-state index in [1.54, 1.807) is 45.3 Å². The number of ether oxygens (including phenoxy) is 1. The maximum atomic E-state index is 12.2. The monoisotopic (exact) mass is 306 g/mol. The summed E-state index contributed by atoms with van der Waals surface area (Å²) in [5.41, 5.74) is -0.405. The first-order chi connectivity index (χ1) is 10.1. The van der Waals surface area contributed by atoms with Crippen molar-refractivity contribution in [2.75, 3.05) is 13.1 Å². The Morgan fingerprint density at radius 3 is 2.45 bits per heavy atom. The number of hydrogen-bond donors (Lipinski definition) is 1. The zero-order valence-electron chi connectivity index (χ0n) is 13.4. The van der Waals surface area contributed by atoms with Crippen LogP contribution >= 0.6 is 0 Å². The van der Waals surface area contributed by atoms with Crippen molar-refractivity contribution in [2.24, 2.45) is 5.92 Å². The fraction of sp³-hybridized carbons (Fsp3) is 0.562. The molecule has 120 valence electrons. The average molecular weight is 306 g/mol. The quantitative estimate of drug-likeness (QED) is 0.907. The maximum absolute atomic E-state index is 12.2. The number of likely N-dealkylation sites (tertiary alicyclic amines) is 1. The highest BCUT2D eigenvalue weighted by atomic mass is 16.6. The van der Waals surface area contributed by atoms with E-state index in [1.165, 1.54) is 4.90 Å². The van der Waals surface area contributed by atoms with E-state index in [0.29, 0.717) is 6.54 Å². The molecule has 0 spiro atoms. The molecule has 0 bridgehead atoms. The van der Waals surface area contributed by atoms with E-state index in [1.807, 2.05) is 6.92 Å². The van der Waals surface area contributed by atoms with Gasteiger partial charge in [-0.1, -0.05) is 6.92 Å². The molecule has 22 heavy (non-hydrogen) atoms. The summed E-state index contributed by atoms with van der Waals surface area (Å²) in [6, 6.07) is 3.60. The van der Waals surface area contributed by atoms with Gasteiger partial charge in [0, 0.05) is 30.9 Å². The SMILES string of the molecule is CC(C)(C)OC(=O)N1C[C@@H](C(=O)O)[C@](C)(c2ccncc2)C1. The van der Waals surface area contributed by atoms with Gasteiger partial charge in [-0.2, -0.15) is 0 Å². The Kier molecular flexibility index (Phi) is 4.13. The van der Waals surface area contributed by atoms with Gasteiger partial charge in [-0.3, -0.25) is 9.78 Å². The lowest BCUT2D eigenvalue weighted by atomic mass is 9.74. The summed E-state index contributed by atoms with van der Waals surface area (Å²) in [4.78, 5) is 29.3. The van der Waals surface area contributed by atoms with Crippen LogP contribution in [-0.4, -0.2) is 45.7 Å². The number of carboxylic acids is 1. The lowest BCUT2D eigenvalue weighted by Crippen LogP contribution is -2.38. The second kappa shape index (κ2) is 5.59. The van der Waals surface area contributed by atoms with Crippen LogP contribution in [0.3, 0.4) is 0 Å². The smallest absolute Gasteiger partial charge is 0.410 e. The van der Waals surface area contributed by atoms with Gasteiger partial charge in [0.05, 0.1) is 5.92 Å². The van der Waals surface area contributed by atoms with Crippen molar-refractivity contribution >= 4 is 12.1 Å². The summed E-state index contributed by atoms with van der Waals surface area (Å²) in [5.74, 6) is -1.59. The van der Waals surface area contributed by atoms with Crippen LogP contribution in [0.25, 0.3) is 0 Å². The van der Waals surface area contributed by atoms with Gasteiger partial charge < -0.3 is 14.7 Å². The summed E-state index contributed by atoms with van der Waals surface area (Å²) in [6.45, 7) is 7.69. The van der Waals surface area contributed by atoms with Crippen LogP contribution in [-0.2, 0) is 14.9 Å². The first-order valence-corrected chi connectivity index (χ1v) is 7.25. The van der Waals surface area contributed by atoms with Crippen LogP contribution in [0.1, 0.15) is 33.3 Å². The van der Waals surface area contributed by atoms with Crippen molar-refractivity contribution in [1.29, 1.82) is 0 Å². The molecule has 6 nitrogen and oxygen atoms in total. The zero-order chi connectivity index (χ0) is 16.5. The van der Waals surface area contributed by atoms with E-state index in [2.05, 4.69) is 4.98 Å². The number of aromatic nitrogens is 1. The predicted octanol–water partition coefficient (Wildman–Crippen LogP) is 2.29. The molecule has 0 aromatic carbocycles. The second-order valence-electron chi connectivity index (χ2n) is 6.91. The standard InChI is InChI=1S/C16H22N2O4/c1-15(2,3)22-14(21)18-9-12(13(19)20)16(4,10-18)11-5-7-17-8-6-11/h5-8,12H,9-10H2,1-4H3,(H,19,20)/t12-,16-/m0/s1. The number of amides is 1. The molecule has 1 saturated heterocycles. The number of aliphatic carboxylic acids is 1.